The predicted octanol–water partition coefficient (Wildman–Crippen LogP) is 1.05. The van der Waals surface area contributed by atoms with Gasteiger partial charge in [-0.1, -0.05) is 0 Å². The van der Waals surface area contributed by atoms with E-state index in [2.05, 4.69) is 5.32 Å². The van der Waals surface area contributed by atoms with Crippen LogP contribution in [0.1, 0.15) is 12.8 Å². The van der Waals surface area contributed by atoms with Crippen molar-refractivity contribution in [3.63, 3.8) is 0 Å². The predicted molar refractivity (Wildman–Crippen MR) is 57.5 cm³/mol. The average Bonchev–Trinajstić information content (AvgIpc) is 2.70. The van der Waals surface area contributed by atoms with Crippen LogP contribution in [-0.2, 0) is 4.79 Å². The van der Waals surface area contributed by atoms with Crippen molar-refractivity contribution < 1.29 is 9.90 Å². The van der Waals surface area contributed by atoms with Crippen LogP contribution in [-0.4, -0.2) is 35.7 Å². The summed E-state index contributed by atoms with van der Waals surface area (Å²) in [7, 11) is 0. The molecule has 2 rings (SSSR count). The number of piperidine rings is 1. The lowest BCUT2D eigenvalue weighted by molar-refractivity contribution is -0.145. The average molecular weight is 215 g/mol. The van der Waals surface area contributed by atoms with Gasteiger partial charge in [0.2, 0.25) is 0 Å². The van der Waals surface area contributed by atoms with Crippen molar-refractivity contribution in [3.8, 4) is 0 Å². The number of carboxylic acid groups (broad SMARTS) is 1. The highest BCUT2D eigenvalue weighted by molar-refractivity contribution is 7.99. The summed E-state index contributed by atoms with van der Waals surface area (Å²) in [4.78, 5) is 11.1. The highest BCUT2D eigenvalue weighted by Crippen LogP contribution is 2.36. The smallest absolute Gasteiger partial charge is 0.308 e. The maximum Gasteiger partial charge on any atom is 0.308 e. The first-order valence-electron chi connectivity index (χ1n) is 5.30. The van der Waals surface area contributed by atoms with E-state index in [0.29, 0.717) is 18.4 Å². The van der Waals surface area contributed by atoms with Crippen molar-refractivity contribution in [2.24, 2.45) is 17.8 Å². The van der Waals surface area contributed by atoms with Crippen LogP contribution >= 0.6 is 11.8 Å². The molecule has 2 aliphatic rings. The fraction of sp³-hybridized carbons (Fsp3) is 0.900. The van der Waals surface area contributed by atoms with Crippen molar-refractivity contribution in [3.05, 3.63) is 0 Å². The fourth-order valence-corrected chi connectivity index (χ4v) is 3.96. The minimum Gasteiger partial charge on any atom is -0.481 e. The first-order valence-corrected chi connectivity index (χ1v) is 6.46. The Morgan fingerprint density at radius 1 is 1.43 bits per heavy atom. The molecular weight excluding hydrogens is 198 g/mol. The summed E-state index contributed by atoms with van der Waals surface area (Å²) in [5.41, 5.74) is 0. The third kappa shape index (κ3) is 2.06. The molecule has 0 aromatic carbocycles. The Morgan fingerprint density at radius 2 is 2.29 bits per heavy atom. The Kier molecular flexibility index (Phi) is 3.34. The second kappa shape index (κ2) is 4.53. The standard InChI is InChI=1S/C10H17NO2S/c12-10(13)9-5-11-3-1-8(9)7-2-4-14-6-7/h7-9,11H,1-6H2,(H,12,13). The maximum absolute atomic E-state index is 11.1. The molecule has 3 atom stereocenters. The fourth-order valence-electron chi connectivity index (χ4n) is 2.60. The van der Waals surface area contributed by atoms with Gasteiger partial charge in [0, 0.05) is 6.54 Å². The molecule has 3 nitrogen and oxygen atoms in total. The number of nitrogens with one attached hydrogen (secondary N) is 1. The second-order valence-electron chi connectivity index (χ2n) is 4.23. The lowest BCUT2D eigenvalue weighted by Gasteiger charge is -2.33. The number of carbonyl (C=O) groups is 1. The zero-order chi connectivity index (χ0) is 9.97. The Bertz CT molecular complexity index is 216. The number of thioether (sulfide) groups is 1. The van der Waals surface area contributed by atoms with E-state index in [0.717, 1.165) is 13.0 Å². The number of carboxylic acids is 1. The van der Waals surface area contributed by atoms with Gasteiger partial charge in [-0.05, 0) is 42.7 Å². The topological polar surface area (TPSA) is 49.3 Å². The summed E-state index contributed by atoms with van der Waals surface area (Å²) in [6.45, 7) is 1.66. The monoisotopic (exact) mass is 215 g/mol. The first-order chi connectivity index (χ1) is 6.79. The van der Waals surface area contributed by atoms with Crippen LogP contribution in [0.15, 0.2) is 0 Å². The number of hydrogen-bond acceptors (Lipinski definition) is 3. The lowest BCUT2D eigenvalue weighted by atomic mass is 9.77. The normalized spacial score (nSPS) is 38.4. The summed E-state index contributed by atoms with van der Waals surface area (Å²) in [5.74, 6) is 2.72. The minimum absolute atomic E-state index is 0.146. The van der Waals surface area contributed by atoms with Gasteiger partial charge < -0.3 is 10.4 Å². The van der Waals surface area contributed by atoms with Crippen molar-refractivity contribution in [1.29, 1.82) is 0 Å². The van der Waals surface area contributed by atoms with E-state index in [1.165, 1.54) is 17.9 Å². The van der Waals surface area contributed by atoms with E-state index in [4.69, 9.17) is 5.11 Å². The molecule has 0 aromatic rings. The Hall–Kier alpha value is -0.220. The van der Waals surface area contributed by atoms with Crippen LogP contribution in [0, 0.1) is 17.8 Å². The molecule has 0 radical (unpaired) electrons. The summed E-state index contributed by atoms with van der Waals surface area (Å²) >= 11 is 1.98. The van der Waals surface area contributed by atoms with E-state index in [9.17, 15) is 4.79 Å². The highest BCUT2D eigenvalue weighted by atomic mass is 32.2. The molecule has 80 valence electrons. The molecule has 14 heavy (non-hydrogen) atoms. The molecule has 3 unspecified atom stereocenters. The van der Waals surface area contributed by atoms with Gasteiger partial charge in [-0.3, -0.25) is 4.79 Å². The summed E-state index contributed by atoms with van der Waals surface area (Å²) in [6, 6.07) is 0. The van der Waals surface area contributed by atoms with Crippen LogP contribution in [0.4, 0.5) is 0 Å². The lowest BCUT2D eigenvalue weighted by Crippen LogP contribution is -2.43. The molecule has 0 aliphatic carbocycles. The van der Waals surface area contributed by atoms with E-state index < -0.39 is 5.97 Å². The molecule has 2 heterocycles. The molecule has 2 fully saturated rings. The van der Waals surface area contributed by atoms with E-state index in [-0.39, 0.29) is 5.92 Å². The Labute approximate surface area is 88.6 Å². The number of rotatable bonds is 2. The van der Waals surface area contributed by atoms with E-state index in [1.807, 2.05) is 11.8 Å². The molecule has 0 amide bonds. The van der Waals surface area contributed by atoms with Crippen LogP contribution in [0.3, 0.4) is 0 Å². The van der Waals surface area contributed by atoms with Crippen molar-refractivity contribution in [1.82, 2.24) is 5.32 Å². The summed E-state index contributed by atoms with van der Waals surface area (Å²) in [6.07, 6.45) is 2.27. The van der Waals surface area contributed by atoms with E-state index >= 15 is 0 Å². The maximum atomic E-state index is 11.1. The Balaban J connectivity index is 2.01. The molecule has 2 N–H and O–H groups in total. The van der Waals surface area contributed by atoms with Crippen molar-refractivity contribution in [2.75, 3.05) is 24.6 Å². The quantitative estimate of drug-likeness (QED) is 0.723. The summed E-state index contributed by atoms with van der Waals surface area (Å²) in [5, 5.41) is 12.3. The van der Waals surface area contributed by atoms with Gasteiger partial charge in [-0.2, -0.15) is 11.8 Å². The van der Waals surface area contributed by atoms with Gasteiger partial charge in [-0.15, -0.1) is 0 Å². The third-order valence-corrected chi connectivity index (χ3v) is 4.61. The molecule has 0 saturated carbocycles. The van der Waals surface area contributed by atoms with Gasteiger partial charge >= 0.3 is 5.97 Å². The second-order valence-corrected chi connectivity index (χ2v) is 5.37. The summed E-state index contributed by atoms with van der Waals surface area (Å²) < 4.78 is 0. The van der Waals surface area contributed by atoms with Gasteiger partial charge in [-0.25, -0.2) is 0 Å². The Morgan fingerprint density at radius 3 is 2.93 bits per heavy atom. The third-order valence-electron chi connectivity index (χ3n) is 3.42. The van der Waals surface area contributed by atoms with Gasteiger partial charge in [0.15, 0.2) is 0 Å². The largest absolute Gasteiger partial charge is 0.481 e. The van der Waals surface area contributed by atoms with Gasteiger partial charge in [0.05, 0.1) is 5.92 Å². The number of hydrogen-bond donors (Lipinski definition) is 2. The van der Waals surface area contributed by atoms with Crippen molar-refractivity contribution in [2.45, 2.75) is 12.8 Å². The molecular formula is C10H17NO2S. The first kappa shape index (κ1) is 10.3. The van der Waals surface area contributed by atoms with E-state index in [1.54, 1.807) is 0 Å². The SMILES string of the molecule is O=C(O)C1CNCCC1C1CCSC1. The van der Waals surface area contributed by atoms with Crippen LogP contribution in [0.25, 0.3) is 0 Å². The molecule has 2 saturated heterocycles. The van der Waals surface area contributed by atoms with Gasteiger partial charge in [0.25, 0.3) is 0 Å². The van der Waals surface area contributed by atoms with Crippen LogP contribution in [0.2, 0.25) is 0 Å². The number of aliphatic carboxylic acids is 1. The highest BCUT2D eigenvalue weighted by Gasteiger charge is 2.37. The minimum atomic E-state index is -0.612. The molecule has 0 aromatic heterocycles. The molecule has 0 spiro atoms. The van der Waals surface area contributed by atoms with Crippen LogP contribution in [0.5, 0.6) is 0 Å². The zero-order valence-electron chi connectivity index (χ0n) is 8.24. The molecule has 0 bridgehead atoms. The van der Waals surface area contributed by atoms with Crippen molar-refractivity contribution >= 4 is 17.7 Å². The van der Waals surface area contributed by atoms with Gasteiger partial charge in [0.1, 0.15) is 0 Å². The molecule has 4 heteroatoms. The van der Waals surface area contributed by atoms with Crippen LogP contribution < -0.4 is 5.32 Å². The molecule has 2 aliphatic heterocycles. The zero-order valence-corrected chi connectivity index (χ0v) is 9.05.